The Balaban J connectivity index is 2.07. The molecule has 4 nitrogen and oxygen atoms in total. The van der Waals surface area contributed by atoms with Crippen LogP contribution in [0.5, 0.6) is 0 Å². The molecule has 2 heterocycles. The summed E-state index contributed by atoms with van der Waals surface area (Å²) in [6, 6.07) is 7.32. The Hall–Kier alpha value is -1.59. The Morgan fingerprint density at radius 3 is 2.45 bits per heavy atom. The Kier molecular flexibility index (Phi) is 3.87. The third kappa shape index (κ3) is 2.48. The summed E-state index contributed by atoms with van der Waals surface area (Å²) >= 11 is 0. The highest BCUT2D eigenvalue weighted by Crippen LogP contribution is 2.38. The van der Waals surface area contributed by atoms with Gasteiger partial charge in [-0.3, -0.25) is 0 Å². The first-order valence-corrected chi connectivity index (χ1v) is 8.98. The van der Waals surface area contributed by atoms with Crippen molar-refractivity contribution in [1.29, 1.82) is 0 Å². The van der Waals surface area contributed by atoms with E-state index in [1.165, 1.54) is 0 Å². The summed E-state index contributed by atoms with van der Waals surface area (Å²) in [7, 11) is -3.52. The Morgan fingerprint density at radius 1 is 1.18 bits per heavy atom. The van der Waals surface area contributed by atoms with Crippen molar-refractivity contribution in [3.05, 3.63) is 53.0 Å². The van der Waals surface area contributed by atoms with E-state index in [4.69, 9.17) is 4.42 Å². The second-order valence-electron chi connectivity index (χ2n) is 6.02. The van der Waals surface area contributed by atoms with Crippen molar-refractivity contribution in [3.63, 3.8) is 0 Å². The van der Waals surface area contributed by atoms with E-state index in [9.17, 15) is 8.42 Å². The van der Waals surface area contributed by atoms with Gasteiger partial charge in [-0.1, -0.05) is 17.7 Å². The molecule has 5 heteroatoms. The lowest BCUT2D eigenvalue weighted by molar-refractivity contribution is 0.339. The Labute approximate surface area is 131 Å². The lowest BCUT2D eigenvalue weighted by Crippen LogP contribution is -2.31. The van der Waals surface area contributed by atoms with Gasteiger partial charge in [0, 0.05) is 6.54 Å². The molecule has 1 aliphatic heterocycles. The van der Waals surface area contributed by atoms with E-state index >= 15 is 0 Å². The highest BCUT2D eigenvalue weighted by molar-refractivity contribution is 7.89. The molecule has 1 aliphatic rings. The first-order chi connectivity index (χ1) is 10.4. The predicted molar refractivity (Wildman–Crippen MR) is 85.2 cm³/mol. The van der Waals surface area contributed by atoms with Gasteiger partial charge in [0.1, 0.15) is 5.76 Å². The van der Waals surface area contributed by atoms with Crippen LogP contribution in [0.1, 0.15) is 41.3 Å². The minimum Gasteiger partial charge on any atom is -0.468 e. The van der Waals surface area contributed by atoms with Crippen LogP contribution in [0, 0.1) is 20.8 Å². The van der Waals surface area contributed by atoms with E-state index in [0.29, 0.717) is 11.4 Å². The van der Waals surface area contributed by atoms with E-state index in [2.05, 4.69) is 0 Å². The van der Waals surface area contributed by atoms with Crippen LogP contribution < -0.4 is 0 Å². The van der Waals surface area contributed by atoms with Crippen molar-refractivity contribution < 1.29 is 12.8 Å². The molecule has 1 unspecified atom stereocenters. The third-order valence-electron chi connectivity index (χ3n) is 4.25. The number of furan rings is 1. The number of rotatable bonds is 3. The maximum Gasteiger partial charge on any atom is 0.244 e. The average molecular weight is 319 g/mol. The fourth-order valence-electron chi connectivity index (χ4n) is 3.48. The van der Waals surface area contributed by atoms with Crippen LogP contribution in [0.25, 0.3) is 0 Å². The quantitative estimate of drug-likeness (QED) is 0.866. The molecular formula is C17H21NO3S. The summed E-state index contributed by atoms with van der Waals surface area (Å²) in [6.07, 6.45) is 3.26. The fourth-order valence-corrected chi connectivity index (χ4v) is 5.56. The highest BCUT2D eigenvalue weighted by Gasteiger charge is 2.38. The van der Waals surface area contributed by atoms with E-state index in [1.54, 1.807) is 16.6 Å². The van der Waals surface area contributed by atoms with Crippen molar-refractivity contribution in [2.75, 3.05) is 6.54 Å². The second kappa shape index (κ2) is 5.56. The van der Waals surface area contributed by atoms with Gasteiger partial charge in [0.25, 0.3) is 0 Å². The molecular weight excluding hydrogens is 298 g/mol. The maximum atomic E-state index is 13.2. The molecule has 3 rings (SSSR count). The van der Waals surface area contributed by atoms with Gasteiger partial charge in [0.15, 0.2) is 0 Å². The lowest BCUT2D eigenvalue weighted by Gasteiger charge is -2.24. The molecule has 118 valence electrons. The molecule has 1 atom stereocenters. The van der Waals surface area contributed by atoms with Gasteiger partial charge < -0.3 is 4.42 Å². The minimum absolute atomic E-state index is 0.194. The SMILES string of the molecule is Cc1cc(C)c(S(=O)(=O)N2CCCC2c2ccco2)c(C)c1. The summed E-state index contributed by atoms with van der Waals surface area (Å²) < 4.78 is 33.4. The number of hydrogen-bond acceptors (Lipinski definition) is 3. The summed E-state index contributed by atoms with van der Waals surface area (Å²) in [5.41, 5.74) is 2.70. The van der Waals surface area contributed by atoms with Crippen LogP contribution in [0.15, 0.2) is 39.8 Å². The first kappa shape index (κ1) is 15.3. The van der Waals surface area contributed by atoms with Crippen LogP contribution in [-0.2, 0) is 10.0 Å². The number of benzene rings is 1. The minimum atomic E-state index is -3.52. The molecule has 0 radical (unpaired) electrons. The second-order valence-corrected chi connectivity index (χ2v) is 7.84. The van der Waals surface area contributed by atoms with Gasteiger partial charge in [0.2, 0.25) is 10.0 Å². The summed E-state index contributed by atoms with van der Waals surface area (Å²) in [4.78, 5) is 0.441. The number of aryl methyl sites for hydroxylation is 3. The van der Waals surface area contributed by atoms with Crippen molar-refractivity contribution >= 4 is 10.0 Å². The van der Waals surface area contributed by atoms with Gasteiger partial charge in [-0.05, 0) is 56.9 Å². The zero-order chi connectivity index (χ0) is 15.9. The Bertz CT molecular complexity index is 755. The van der Waals surface area contributed by atoms with Crippen molar-refractivity contribution in [1.82, 2.24) is 4.31 Å². The molecule has 0 amide bonds. The molecule has 1 aromatic heterocycles. The lowest BCUT2D eigenvalue weighted by atomic mass is 10.1. The van der Waals surface area contributed by atoms with Crippen molar-refractivity contribution in [2.24, 2.45) is 0 Å². The predicted octanol–water partition coefficient (Wildman–Crippen LogP) is 3.73. The number of sulfonamides is 1. The zero-order valence-electron chi connectivity index (χ0n) is 13.2. The Morgan fingerprint density at radius 2 is 1.86 bits per heavy atom. The standard InChI is InChI=1S/C17H21NO3S/c1-12-10-13(2)17(14(3)11-12)22(19,20)18-8-4-6-15(18)16-7-5-9-21-16/h5,7,9-11,15H,4,6,8H2,1-3H3. The van der Waals surface area contributed by atoms with Gasteiger partial charge >= 0.3 is 0 Å². The van der Waals surface area contributed by atoms with Gasteiger partial charge in [-0.15, -0.1) is 0 Å². The van der Waals surface area contributed by atoms with Gasteiger partial charge in [-0.25, -0.2) is 8.42 Å². The van der Waals surface area contributed by atoms with Crippen LogP contribution in [-0.4, -0.2) is 19.3 Å². The van der Waals surface area contributed by atoms with Gasteiger partial charge in [-0.2, -0.15) is 4.31 Å². The third-order valence-corrected chi connectivity index (χ3v) is 6.46. The number of nitrogens with zero attached hydrogens (tertiary/aromatic N) is 1. The maximum absolute atomic E-state index is 13.2. The average Bonchev–Trinajstić information content (AvgIpc) is 3.08. The fraction of sp³-hybridized carbons (Fsp3) is 0.412. The normalized spacial score (nSPS) is 19.7. The molecule has 0 saturated carbocycles. The zero-order valence-corrected chi connectivity index (χ0v) is 14.0. The van der Waals surface area contributed by atoms with E-state index in [1.807, 2.05) is 39.0 Å². The molecule has 1 fully saturated rings. The largest absolute Gasteiger partial charge is 0.468 e. The van der Waals surface area contributed by atoms with Crippen LogP contribution in [0.2, 0.25) is 0 Å². The van der Waals surface area contributed by atoms with E-state index < -0.39 is 10.0 Å². The molecule has 0 spiro atoms. The van der Waals surface area contributed by atoms with Crippen LogP contribution >= 0.6 is 0 Å². The van der Waals surface area contributed by atoms with Gasteiger partial charge in [0.05, 0.1) is 17.2 Å². The van der Waals surface area contributed by atoms with Crippen LogP contribution in [0.4, 0.5) is 0 Å². The molecule has 0 aliphatic carbocycles. The molecule has 22 heavy (non-hydrogen) atoms. The molecule has 0 bridgehead atoms. The van der Waals surface area contributed by atoms with E-state index in [-0.39, 0.29) is 6.04 Å². The smallest absolute Gasteiger partial charge is 0.244 e. The topological polar surface area (TPSA) is 50.5 Å². The molecule has 2 aromatic rings. The highest BCUT2D eigenvalue weighted by atomic mass is 32.2. The van der Waals surface area contributed by atoms with Crippen LogP contribution in [0.3, 0.4) is 0 Å². The summed E-state index contributed by atoms with van der Waals surface area (Å²) in [6.45, 7) is 6.26. The summed E-state index contributed by atoms with van der Waals surface area (Å²) in [5, 5.41) is 0. The first-order valence-electron chi connectivity index (χ1n) is 7.54. The van der Waals surface area contributed by atoms with Crippen molar-refractivity contribution in [3.8, 4) is 0 Å². The molecule has 1 aromatic carbocycles. The van der Waals surface area contributed by atoms with Crippen molar-refractivity contribution in [2.45, 2.75) is 44.6 Å². The summed E-state index contributed by atoms with van der Waals surface area (Å²) in [5.74, 6) is 0.725. The monoisotopic (exact) mass is 319 g/mol. The van der Waals surface area contributed by atoms with E-state index in [0.717, 1.165) is 35.3 Å². The molecule has 0 N–H and O–H groups in total. The number of hydrogen-bond donors (Lipinski definition) is 0. The molecule has 1 saturated heterocycles.